The molecular formula is C125H119N. The van der Waals surface area contributed by atoms with Crippen molar-refractivity contribution in [3.8, 4) is 66.8 Å². The minimum Gasteiger partial charge on any atom is -0.311 e. The molecule has 0 unspecified atom stereocenters. The van der Waals surface area contributed by atoms with Crippen LogP contribution in [0.5, 0.6) is 0 Å². The molecule has 624 valence electrons. The lowest BCUT2D eigenvalue weighted by Gasteiger charge is -2.35. The average molecular weight is 1640 g/mol. The number of hydrogen-bond donors (Lipinski definition) is 0. The molecule has 4 aliphatic carbocycles. The smallest absolute Gasteiger partial charge is 0.0713 e. The molecule has 16 aromatic carbocycles. The number of aryl methyl sites for hydroxylation is 9. The molecule has 0 heterocycles. The van der Waals surface area contributed by atoms with Crippen LogP contribution in [0.1, 0.15) is 232 Å². The van der Waals surface area contributed by atoms with Gasteiger partial charge in [0.15, 0.2) is 0 Å². The predicted molar refractivity (Wildman–Crippen MR) is 535 cm³/mol. The zero-order valence-electron chi connectivity index (χ0n) is 75.8. The van der Waals surface area contributed by atoms with Gasteiger partial charge in [-0.2, -0.15) is 0 Å². The molecule has 0 atom stereocenters. The second kappa shape index (κ2) is 34.7. The quantitative estimate of drug-likeness (QED) is 0.0516. The van der Waals surface area contributed by atoms with Crippen LogP contribution in [0.4, 0.5) is 17.1 Å². The van der Waals surface area contributed by atoms with Gasteiger partial charge in [0.2, 0.25) is 0 Å². The molecular weight excluding hydrogens is 1520 g/mol. The Bertz CT molecular complexity index is 6200. The fourth-order valence-electron chi connectivity index (χ4n) is 22.6. The molecule has 0 spiro atoms. The van der Waals surface area contributed by atoms with E-state index in [0.717, 1.165) is 28.2 Å². The second-order valence-electron chi connectivity index (χ2n) is 37.5. The summed E-state index contributed by atoms with van der Waals surface area (Å²) in [7, 11) is 0. The van der Waals surface area contributed by atoms with Crippen LogP contribution < -0.4 is 4.90 Å². The summed E-state index contributed by atoms with van der Waals surface area (Å²) in [5, 5.41) is 0. The zero-order valence-corrected chi connectivity index (χ0v) is 75.8. The highest BCUT2D eigenvalue weighted by molar-refractivity contribution is 5.93. The lowest BCUT2D eigenvalue weighted by atomic mass is 9.67. The largest absolute Gasteiger partial charge is 0.311 e. The molecule has 0 saturated carbocycles. The van der Waals surface area contributed by atoms with E-state index in [1.165, 1.54) is 262 Å². The summed E-state index contributed by atoms with van der Waals surface area (Å²) in [6.07, 6.45) is 19.2. The third kappa shape index (κ3) is 14.5. The Hall–Kier alpha value is -12.7. The van der Waals surface area contributed by atoms with Gasteiger partial charge in [0.25, 0.3) is 0 Å². The zero-order chi connectivity index (χ0) is 86.4. The maximum Gasteiger partial charge on any atom is 0.0713 e. The van der Waals surface area contributed by atoms with Crippen molar-refractivity contribution in [2.45, 2.75) is 188 Å². The lowest BCUT2D eigenvalue weighted by molar-refractivity contribution is 0.397. The van der Waals surface area contributed by atoms with E-state index in [9.17, 15) is 0 Å². The number of fused-ring (bicyclic) bond motifs is 12. The van der Waals surface area contributed by atoms with Crippen molar-refractivity contribution in [3.63, 3.8) is 0 Å². The fraction of sp³-hybridized carbons (Fsp3) is 0.232. The molecule has 4 aliphatic rings. The van der Waals surface area contributed by atoms with E-state index in [1.807, 2.05) is 0 Å². The molecule has 0 bridgehead atoms. The molecule has 126 heavy (non-hydrogen) atoms. The highest BCUT2D eigenvalue weighted by Gasteiger charge is 2.50. The number of anilines is 3. The third-order valence-electron chi connectivity index (χ3n) is 29.0. The summed E-state index contributed by atoms with van der Waals surface area (Å²) < 4.78 is 0. The van der Waals surface area contributed by atoms with Crippen molar-refractivity contribution in [1.29, 1.82) is 0 Å². The summed E-state index contributed by atoms with van der Waals surface area (Å²) in [6, 6.07) is 135. The Labute approximate surface area is 751 Å². The van der Waals surface area contributed by atoms with Gasteiger partial charge in [-0.15, -0.1) is 0 Å². The van der Waals surface area contributed by atoms with E-state index in [0.29, 0.717) is 0 Å². The Morgan fingerprint density at radius 2 is 0.405 bits per heavy atom. The van der Waals surface area contributed by atoms with Crippen LogP contribution in [0.15, 0.2) is 352 Å². The van der Waals surface area contributed by atoms with Crippen molar-refractivity contribution in [3.05, 3.63) is 480 Å². The Kier molecular flexibility index (Phi) is 22.8. The summed E-state index contributed by atoms with van der Waals surface area (Å²) in [5.41, 5.74) is 47.7. The highest BCUT2D eigenvalue weighted by atomic mass is 15.1. The van der Waals surface area contributed by atoms with E-state index >= 15 is 0 Å². The SMILES string of the molecule is CCCCCCCCC1(CCCCCCCC)c2cc(C)ccc2-c2ccc(C)cc21.Cc1ccc(C2(c3ccc(N(c4ccc(-c5ccc6c(c5)C(c5ccc(C)cc5)(c5ccc(C)cc5)c5ccccc5-6)cc4)c4ccc(-c5ccc6c(c5)C(c5ccc(C)cc5)(c5ccc(C)cc5)c5ccccc5-6)cc4)cc3)c3cc(C)ccc3-c3ccc(C)cc32)cc1. The number of benzene rings is 16. The first-order valence-corrected chi connectivity index (χ1v) is 46.9. The molecule has 0 aliphatic heterocycles. The van der Waals surface area contributed by atoms with Gasteiger partial charge in [-0.25, -0.2) is 0 Å². The van der Waals surface area contributed by atoms with Crippen molar-refractivity contribution in [2.24, 2.45) is 0 Å². The van der Waals surface area contributed by atoms with E-state index < -0.39 is 16.2 Å². The van der Waals surface area contributed by atoms with E-state index in [4.69, 9.17) is 0 Å². The van der Waals surface area contributed by atoms with Crippen LogP contribution in [0.2, 0.25) is 0 Å². The van der Waals surface area contributed by atoms with Crippen molar-refractivity contribution < 1.29 is 0 Å². The standard InChI is InChI=1S/C94H73N.C31H46/c1-60-16-34-71(35-17-60)92(72-36-18-61(2)19-37-72)86-14-10-8-12-80(86)84-54-32-69(58-90(84)92)67-28-46-77(47-29-67)95(79-50-44-76(45-51-79)94(75-42-24-64(5)25-43-75)88-56-65(6)26-52-82(88)83-53-27-66(7)57-89(83)94)78-48-30-68(31-49-78)70-33-55-85-81-13-9-11-15-87(81)93(91(85)59-70,73-38-20-62(3)21-39-73)74-40-22-63(4)23-41-74;1-5-7-9-11-13-15-21-31(22-16-14-12-10-8-6-2)29-23-25(3)17-19-27(29)28-20-18-26(4)24-30(28)31/h8-59H,1-7H3;17-20,23-24H,5-16,21-22H2,1-4H3. The molecule has 0 saturated heterocycles. The minimum atomic E-state index is -0.537. The van der Waals surface area contributed by atoms with Gasteiger partial charge in [-0.05, 0) is 268 Å². The van der Waals surface area contributed by atoms with Crippen LogP contribution in [-0.4, -0.2) is 0 Å². The first-order chi connectivity index (χ1) is 61.5. The van der Waals surface area contributed by atoms with Crippen molar-refractivity contribution >= 4 is 17.1 Å². The van der Waals surface area contributed by atoms with Crippen LogP contribution >= 0.6 is 0 Å². The molecule has 0 aromatic heterocycles. The summed E-state index contributed by atoms with van der Waals surface area (Å²) >= 11 is 0. The van der Waals surface area contributed by atoms with E-state index in [-0.39, 0.29) is 5.41 Å². The summed E-state index contributed by atoms with van der Waals surface area (Å²) in [4.78, 5) is 2.44. The molecule has 1 heteroatoms. The molecule has 1 nitrogen and oxygen atoms in total. The summed E-state index contributed by atoms with van der Waals surface area (Å²) in [6.45, 7) is 24.5. The van der Waals surface area contributed by atoms with Crippen LogP contribution in [0.3, 0.4) is 0 Å². The molecule has 16 aromatic rings. The van der Waals surface area contributed by atoms with Gasteiger partial charge in [-0.1, -0.05) is 444 Å². The summed E-state index contributed by atoms with van der Waals surface area (Å²) in [5.74, 6) is 0. The molecule has 0 amide bonds. The van der Waals surface area contributed by atoms with E-state index in [1.54, 1.807) is 11.1 Å². The number of rotatable bonds is 25. The van der Waals surface area contributed by atoms with Gasteiger partial charge in [-0.3, -0.25) is 0 Å². The Balaban J connectivity index is 0.000000283. The normalized spacial score (nSPS) is 13.9. The predicted octanol–water partition coefficient (Wildman–Crippen LogP) is 33.8. The Morgan fingerprint density at radius 1 is 0.183 bits per heavy atom. The highest BCUT2D eigenvalue weighted by Crippen LogP contribution is 2.62. The third-order valence-corrected chi connectivity index (χ3v) is 29.0. The van der Waals surface area contributed by atoms with Gasteiger partial charge in [0.1, 0.15) is 0 Å². The number of unbranched alkanes of at least 4 members (excludes halogenated alkanes) is 10. The number of nitrogens with zero attached hydrogens (tertiary/aromatic N) is 1. The first-order valence-electron chi connectivity index (χ1n) is 46.9. The minimum absolute atomic E-state index is 0.234. The molecule has 0 N–H and O–H groups in total. The Morgan fingerprint density at radius 3 is 0.722 bits per heavy atom. The van der Waals surface area contributed by atoms with Crippen LogP contribution in [0, 0.1) is 62.3 Å². The molecule has 0 radical (unpaired) electrons. The monoisotopic (exact) mass is 1630 g/mol. The average Bonchev–Trinajstić information content (AvgIpc) is 1.52. The van der Waals surface area contributed by atoms with Gasteiger partial charge < -0.3 is 4.90 Å². The maximum absolute atomic E-state index is 2.53. The number of hydrogen-bond acceptors (Lipinski definition) is 1. The maximum atomic E-state index is 2.53. The van der Waals surface area contributed by atoms with Crippen molar-refractivity contribution in [2.75, 3.05) is 4.90 Å². The molecule has 20 rings (SSSR count). The van der Waals surface area contributed by atoms with Gasteiger partial charge >= 0.3 is 0 Å². The topological polar surface area (TPSA) is 3.24 Å². The van der Waals surface area contributed by atoms with Gasteiger partial charge in [0, 0.05) is 22.5 Å². The van der Waals surface area contributed by atoms with Crippen molar-refractivity contribution in [1.82, 2.24) is 0 Å². The van der Waals surface area contributed by atoms with Crippen LogP contribution in [-0.2, 0) is 21.7 Å². The van der Waals surface area contributed by atoms with Gasteiger partial charge in [0.05, 0.1) is 16.2 Å². The first kappa shape index (κ1) is 82.9. The van der Waals surface area contributed by atoms with Crippen LogP contribution in [0.25, 0.3) is 66.8 Å². The second-order valence-corrected chi connectivity index (χ2v) is 37.5. The van der Waals surface area contributed by atoms with E-state index in [2.05, 4.69) is 433 Å². The lowest BCUT2D eigenvalue weighted by Crippen LogP contribution is -2.29. The molecule has 0 fully saturated rings. The fourth-order valence-corrected chi connectivity index (χ4v) is 22.6.